The van der Waals surface area contributed by atoms with E-state index in [1.54, 1.807) is 13.8 Å². The van der Waals surface area contributed by atoms with Crippen molar-refractivity contribution in [1.29, 1.82) is 0 Å². The fourth-order valence-corrected chi connectivity index (χ4v) is 2.43. The van der Waals surface area contributed by atoms with Gasteiger partial charge < -0.3 is 4.84 Å². The van der Waals surface area contributed by atoms with Crippen molar-refractivity contribution in [3.05, 3.63) is 68.3 Å². The molecule has 0 aromatic heterocycles. The standard InChI is InChI=1S/C19H17N3O7/c1-3-16(20-29-18(23)4-2)19(24)13-7-5-12(6-8-13)15-10-9-14(21(25)26)11-17(15)22(27)28/h5-11H,3-4H2,1-2H3/b20-16-. The molecule has 150 valence electrons. The highest BCUT2D eigenvalue weighted by atomic mass is 16.7. The Balaban J connectivity index is 2.35. The molecule has 2 aromatic rings. The second-order valence-electron chi connectivity index (χ2n) is 5.83. The van der Waals surface area contributed by atoms with Gasteiger partial charge in [-0.1, -0.05) is 43.3 Å². The van der Waals surface area contributed by atoms with E-state index in [1.807, 2.05) is 0 Å². The Hall–Kier alpha value is -3.95. The summed E-state index contributed by atoms with van der Waals surface area (Å²) in [6.07, 6.45) is 0.364. The smallest absolute Gasteiger partial charge is 0.318 e. The average Bonchev–Trinajstić information content (AvgIpc) is 2.73. The van der Waals surface area contributed by atoms with Crippen LogP contribution in [-0.2, 0) is 9.63 Å². The molecule has 2 rings (SSSR count). The van der Waals surface area contributed by atoms with Crippen LogP contribution in [-0.4, -0.2) is 27.3 Å². The Morgan fingerprint density at radius 3 is 2.14 bits per heavy atom. The number of carbonyl (C=O) groups is 2. The number of carbonyl (C=O) groups excluding carboxylic acids is 2. The van der Waals surface area contributed by atoms with E-state index < -0.39 is 33.0 Å². The molecular formula is C19H17N3O7. The molecule has 0 saturated carbocycles. The molecule has 2 aromatic carbocycles. The molecule has 0 aliphatic rings. The number of nitrogens with zero attached hydrogens (tertiary/aromatic N) is 3. The highest BCUT2D eigenvalue weighted by molar-refractivity contribution is 6.45. The summed E-state index contributed by atoms with van der Waals surface area (Å²) >= 11 is 0. The zero-order chi connectivity index (χ0) is 21.6. The van der Waals surface area contributed by atoms with Gasteiger partial charge in [-0.25, -0.2) is 4.79 Å². The predicted molar refractivity (Wildman–Crippen MR) is 104 cm³/mol. The average molecular weight is 399 g/mol. The van der Waals surface area contributed by atoms with Gasteiger partial charge in [0.15, 0.2) is 0 Å². The van der Waals surface area contributed by atoms with E-state index in [0.29, 0.717) is 5.56 Å². The van der Waals surface area contributed by atoms with E-state index in [1.165, 1.54) is 36.4 Å². The number of rotatable bonds is 8. The van der Waals surface area contributed by atoms with Crippen molar-refractivity contribution in [3.8, 4) is 11.1 Å². The third-order valence-corrected chi connectivity index (χ3v) is 3.99. The van der Waals surface area contributed by atoms with Gasteiger partial charge in [-0.2, -0.15) is 0 Å². The molecule has 0 atom stereocenters. The molecule has 0 fully saturated rings. The second kappa shape index (κ2) is 9.31. The minimum absolute atomic E-state index is 0.0564. The first-order chi connectivity index (χ1) is 13.8. The molecule has 10 nitrogen and oxygen atoms in total. The Labute approximate surface area is 165 Å². The Morgan fingerprint density at radius 2 is 1.62 bits per heavy atom. The summed E-state index contributed by atoms with van der Waals surface area (Å²) in [7, 11) is 0. The molecule has 0 unspecified atom stereocenters. The van der Waals surface area contributed by atoms with Crippen LogP contribution in [0.1, 0.15) is 37.0 Å². The van der Waals surface area contributed by atoms with Gasteiger partial charge >= 0.3 is 5.97 Å². The quantitative estimate of drug-likeness (QED) is 0.214. The van der Waals surface area contributed by atoms with E-state index in [2.05, 4.69) is 9.99 Å². The summed E-state index contributed by atoms with van der Waals surface area (Å²) in [4.78, 5) is 49.1. The highest BCUT2D eigenvalue weighted by Gasteiger charge is 2.21. The largest absolute Gasteiger partial charge is 0.334 e. The van der Waals surface area contributed by atoms with E-state index in [4.69, 9.17) is 0 Å². The van der Waals surface area contributed by atoms with Crippen LogP contribution in [0.4, 0.5) is 11.4 Å². The van der Waals surface area contributed by atoms with Crippen molar-refractivity contribution < 1.29 is 24.3 Å². The summed E-state index contributed by atoms with van der Waals surface area (Å²) < 4.78 is 0. The molecule has 0 bridgehead atoms. The maximum Gasteiger partial charge on any atom is 0.334 e. The molecule has 0 saturated heterocycles. The lowest BCUT2D eigenvalue weighted by Gasteiger charge is -2.06. The fraction of sp³-hybridized carbons (Fsp3) is 0.211. The van der Waals surface area contributed by atoms with E-state index >= 15 is 0 Å². The number of nitro benzene ring substituents is 2. The summed E-state index contributed by atoms with van der Waals surface area (Å²) in [5.74, 6) is -1.01. The van der Waals surface area contributed by atoms with Gasteiger partial charge in [0, 0.05) is 18.1 Å². The molecule has 0 radical (unpaired) electrons. The van der Waals surface area contributed by atoms with Gasteiger partial charge in [-0.15, -0.1) is 0 Å². The van der Waals surface area contributed by atoms with Crippen molar-refractivity contribution in [2.75, 3.05) is 0 Å². The fourth-order valence-electron chi connectivity index (χ4n) is 2.43. The van der Waals surface area contributed by atoms with Crippen molar-refractivity contribution in [3.63, 3.8) is 0 Å². The molecule has 10 heteroatoms. The number of ketones is 1. The van der Waals surface area contributed by atoms with Crippen LogP contribution in [0.2, 0.25) is 0 Å². The van der Waals surface area contributed by atoms with Gasteiger partial charge in [-0.05, 0) is 18.1 Å². The lowest BCUT2D eigenvalue weighted by molar-refractivity contribution is -0.393. The van der Waals surface area contributed by atoms with Gasteiger partial charge in [0.1, 0.15) is 5.71 Å². The molecule has 0 heterocycles. The molecule has 0 aliphatic carbocycles. The van der Waals surface area contributed by atoms with Crippen LogP contribution in [0.3, 0.4) is 0 Å². The van der Waals surface area contributed by atoms with Crippen LogP contribution < -0.4 is 0 Å². The Bertz CT molecular complexity index is 997. The van der Waals surface area contributed by atoms with Crippen molar-refractivity contribution in [1.82, 2.24) is 0 Å². The van der Waals surface area contributed by atoms with Crippen molar-refractivity contribution in [2.24, 2.45) is 5.16 Å². The van der Waals surface area contributed by atoms with E-state index in [-0.39, 0.29) is 29.7 Å². The first-order valence-corrected chi connectivity index (χ1v) is 8.63. The summed E-state index contributed by atoms with van der Waals surface area (Å²) in [5.41, 5.74) is 0.0990. The van der Waals surface area contributed by atoms with Crippen molar-refractivity contribution in [2.45, 2.75) is 26.7 Å². The highest BCUT2D eigenvalue weighted by Crippen LogP contribution is 2.33. The number of hydrogen-bond acceptors (Lipinski definition) is 8. The maximum absolute atomic E-state index is 12.5. The van der Waals surface area contributed by atoms with Gasteiger partial charge in [-0.3, -0.25) is 25.0 Å². The lowest BCUT2D eigenvalue weighted by atomic mass is 9.99. The molecule has 29 heavy (non-hydrogen) atoms. The van der Waals surface area contributed by atoms with E-state index in [0.717, 1.165) is 6.07 Å². The molecule has 0 aliphatic heterocycles. The van der Waals surface area contributed by atoms with Crippen molar-refractivity contribution >= 4 is 28.8 Å². The third kappa shape index (κ3) is 5.06. The number of oxime groups is 1. The van der Waals surface area contributed by atoms with Crippen LogP contribution in [0, 0.1) is 20.2 Å². The van der Waals surface area contributed by atoms with Gasteiger partial charge in [0.2, 0.25) is 5.78 Å². The topological polar surface area (TPSA) is 142 Å². The van der Waals surface area contributed by atoms with Gasteiger partial charge in [0.25, 0.3) is 11.4 Å². The summed E-state index contributed by atoms with van der Waals surface area (Å²) in [6, 6.07) is 9.24. The molecule has 0 spiro atoms. The molecule has 0 amide bonds. The normalized spacial score (nSPS) is 11.0. The first-order valence-electron chi connectivity index (χ1n) is 8.63. The number of benzene rings is 2. The summed E-state index contributed by atoms with van der Waals surface area (Å²) in [5, 5.41) is 25.7. The first kappa shape index (κ1) is 21.4. The zero-order valence-electron chi connectivity index (χ0n) is 15.7. The number of nitro groups is 2. The third-order valence-electron chi connectivity index (χ3n) is 3.99. The monoisotopic (exact) mass is 399 g/mol. The number of non-ortho nitro benzene ring substituents is 1. The number of hydrogen-bond donors (Lipinski definition) is 0. The number of Topliss-reactive ketones (excluding diaryl/α,β-unsaturated/α-hetero) is 1. The van der Waals surface area contributed by atoms with Crippen LogP contribution in [0.15, 0.2) is 47.6 Å². The maximum atomic E-state index is 12.5. The summed E-state index contributed by atoms with van der Waals surface area (Å²) in [6.45, 7) is 3.28. The van der Waals surface area contributed by atoms with E-state index in [9.17, 15) is 29.8 Å². The molecular weight excluding hydrogens is 382 g/mol. The van der Waals surface area contributed by atoms with Crippen LogP contribution >= 0.6 is 0 Å². The SMILES string of the molecule is CCC(=O)O/N=C(/CC)C(=O)c1ccc(-c2ccc([N+](=O)[O-])cc2[N+](=O)[O-])cc1. The minimum atomic E-state index is -0.713. The molecule has 0 N–H and O–H groups in total. The zero-order valence-corrected chi connectivity index (χ0v) is 15.7. The van der Waals surface area contributed by atoms with Crippen LogP contribution in [0.5, 0.6) is 0 Å². The minimum Gasteiger partial charge on any atom is -0.318 e. The van der Waals surface area contributed by atoms with Gasteiger partial charge in [0.05, 0.1) is 21.5 Å². The Morgan fingerprint density at radius 1 is 0.966 bits per heavy atom. The Kier molecular flexibility index (Phi) is 6.85. The predicted octanol–water partition coefficient (Wildman–Crippen LogP) is 4.07. The van der Waals surface area contributed by atoms with Crippen LogP contribution in [0.25, 0.3) is 11.1 Å². The lowest BCUT2D eigenvalue weighted by Crippen LogP contribution is -2.15. The second-order valence-corrected chi connectivity index (χ2v) is 5.83.